The largest absolute Gasteiger partial charge is 0.496 e. The van der Waals surface area contributed by atoms with Crippen molar-refractivity contribution in [3.63, 3.8) is 0 Å². The Hall–Kier alpha value is -2.50. The molecule has 106 valence electrons. The fourth-order valence-electron chi connectivity index (χ4n) is 1.91. The lowest BCUT2D eigenvalue weighted by Gasteiger charge is -2.11. The molecule has 1 aromatic heterocycles. The van der Waals surface area contributed by atoms with E-state index in [1.165, 1.54) is 13.4 Å². The first-order chi connectivity index (χ1) is 9.76. The number of nitrogens with two attached hydrogens (primary N) is 1. The Kier molecular flexibility index (Phi) is 4.60. The van der Waals surface area contributed by atoms with E-state index in [9.17, 15) is 0 Å². The molecule has 3 N–H and O–H groups in total. The van der Waals surface area contributed by atoms with Crippen molar-refractivity contribution in [1.82, 2.24) is 9.97 Å². The normalized spacial score (nSPS) is 10.1. The van der Waals surface area contributed by atoms with Crippen LogP contribution in [0.25, 0.3) is 0 Å². The number of hydrogen-bond acceptors (Lipinski definition) is 6. The maximum atomic E-state index is 5.89. The summed E-state index contributed by atoms with van der Waals surface area (Å²) in [6, 6.07) is 7.91. The minimum atomic E-state index is 0.375. The molecule has 0 bridgehead atoms. The van der Waals surface area contributed by atoms with E-state index in [1.54, 1.807) is 7.11 Å². The molecule has 2 rings (SSSR count). The zero-order chi connectivity index (χ0) is 14.4. The van der Waals surface area contributed by atoms with Crippen molar-refractivity contribution < 1.29 is 9.47 Å². The zero-order valence-electron chi connectivity index (χ0n) is 11.6. The maximum Gasteiger partial charge on any atom is 0.242 e. The summed E-state index contributed by atoms with van der Waals surface area (Å²) in [4.78, 5) is 8.03. The number of methoxy groups -OCH3 is 2. The van der Waals surface area contributed by atoms with Crippen molar-refractivity contribution in [3.8, 4) is 11.6 Å². The van der Waals surface area contributed by atoms with Gasteiger partial charge in [0.05, 0.1) is 14.2 Å². The van der Waals surface area contributed by atoms with Gasteiger partial charge in [0.1, 0.15) is 17.8 Å². The quantitative estimate of drug-likeness (QED) is 0.834. The number of rotatable bonds is 6. The third-order valence-electron chi connectivity index (χ3n) is 2.92. The van der Waals surface area contributed by atoms with Crippen LogP contribution in [-0.2, 0) is 6.42 Å². The summed E-state index contributed by atoms with van der Waals surface area (Å²) in [6.07, 6.45) is 2.22. The van der Waals surface area contributed by atoms with E-state index in [-0.39, 0.29) is 0 Å². The van der Waals surface area contributed by atoms with Gasteiger partial charge in [-0.2, -0.15) is 4.98 Å². The topological polar surface area (TPSA) is 82.3 Å². The molecule has 0 spiro atoms. The predicted molar refractivity (Wildman–Crippen MR) is 78.2 cm³/mol. The van der Waals surface area contributed by atoms with Gasteiger partial charge in [0, 0.05) is 6.54 Å². The molecule has 1 heterocycles. The average Bonchev–Trinajstić information content (AvgIpc) is 2.49. The van der Waals surface area contributed by atoms with E-state index in [4.69, 9.17) is 15.2 Å². The molecular weight excluding hydrogens is 256 g/mol. The van der Waals surface area contributed by atoms with E-state index < -0.39 is 0 Å². The van der Waals surface area contributed by atoms with Gasteiger partial charge in [0.25, 0.3) is 0 Å². The maximum absolute atomic E-state index is 5.89. The van der Waals surface area contributed by atoms with Gasteiger partial charge < -0.3 is 20.5 Å². The molecule has 0 atom stereocenters. The molecule has 0 radical (unpaired) electrons. The summed E-state index contributed by atoms with van der Waals surface area (Å²) >= 11 is 0. The Bertz CT molecular complexity index is 575. The second-order valence-electron chi connectivity index (χ2n) is 4.13. The van der Waals surface area contributed by atoms with E-state index in [1.807, 2.05) is 24.3 Å². The summed E-state index contributed by atoms with van der Waals surface area (Å²) in [5.74, 6) is 1.83. The summed E-state index contributed by atoms with van der Waals surface area (Å²) < 4.78 is 10.4. The molecular formula is C14H18N4O2. The van der Waals surface area contributed by atoms with Crippen LogP contribution in [-0.4, -0.2) is 30.7 Å². The van der Waals surface area contributed by atoms with Crippen LogP contribution in [0.3, 0.4) is 0 Å². The number of nitrogens with zero attached hydrogens (tertiary/aromatic N) is 2. The van der Waals surface area contributed by atoms with Crippen molar-refractivity contribution in [2.75, 3.05) is 31.8 Å². The highest BCUT2D eigenvalue weighted by atomic mass is 16.5. The van der Waals surface area contributed by atoms with Crippen LogP contribution in [0.4, 0.5) is 11.5 Å². The van der Waals surface area contributed by atoms with Crippen molar-refractivity contribution in [1.29, 1.82) is 0 Å². The molecule has 2 aromatic rings. The number of aromatic nitrogens is 2. The average molecular weight is 274 g/mol. The number of para-hydroxylation sites is 1. The first kappa shape index (κ1) is 13.9. The SMILES string of the molecule is COc1ccccc1CCNc1ncnc(OC)c1N. The summed E-state index contributed by atoms with van der Waals surface area (Å²) in [6.45, 7) is 0.685. The molecule has 6 heteroatoms. The molecule has 6 nitrogen and oxygen atoms in total. The first-order valence-corrected chi connectivity index (χ1v) is 6.26. The van der Waals surface area contributed by atoms with Crippen LogP contribution in [0, 0.1) is 0 Å². The van der Waals surface area contributed by atoms with E-state index in [2.05, 4.69) is 15.3 Å². The lowest BCUT2D eigenvalue weighted by Crippen LogP contribution is -2.10. The Balaban J connectivity index is 1.99. The second-order valence-corrected chi connectivity index (χ2v) is 4.13. The molecule has 0 aliphatic rings. The number of hydrogen-bond donors (Lipinski definition) is 2. The second kappa shape index (κ2) is 6.60. The number of anilines is 2. The highest BCUT2D eigenvalue weighted by molar-refractivity contribution is 5.66. The predicted octanol–water partition coefficient (Wildman–Crippen LogP) is 1.73. The monoisotopic (exact) mass is 274 g/mol. The van der Waals surface area contributed by atoms with Gasteiger partial charge in [-0.25, -0.2) is 4.98 Å². The lowest BCUT2D eigenvalue weighted by atomic mass is 10.1. The molecule has 0 saturated carbocycles. The summed E-state index contributed by atoms with van der Waals surface area (Å²) in [7, 11) is 3.19. The zero-order valence-corrected chi connectivity index (χ0v) is 11.6. The van der Waals surface area contributed by atoms with E-state index in [0.29, 0.717) is 23.9 Å². The van der Waals surface area contributed by atoms with Gasteiger partial charge in [-0.1, -0.05) is 18.2 Å². The minimum Gasteiger partial charge on any atom is -0.496 e. The minimum absolute atomic E-state index is 0.375. The molecule has 0 aliphatic heterocycles. The molecule has 1 aromatic carbocycles. The number of nitrogens with one attached hydrogen (secondary N) is 1. The van der Waals surface area contributed by atoms with Gasteiger partial charge in [0.2, 0.25) is 5.88 Å². The Morgan fingerprint density at radius 2 is 1.95 bits per heavy atom. The van der Waals surface area contributed by atoms with Crippen molar-refractivity contribution in [2.45, 2.75) is 6.42 Å². The molecule has 0 fully saturated rings. The first-order valence-electron chi connectivity index (χ1n) is 6.26. The fourth-order valence-corrected chi connectivity index (χ4v) is 1.91. The number of nitrogen functional groups attached to an aromatic ring is 1. The van der Waals surface area contributed by atoms with Crippen molar-refractivity contribution in [3.05, 3.63) is 36.2 Å². The van der Waals surface area contributed by atoms with Gasteiger partial charge in [-0.05, 0) is 18.1 Å². The van der Waals surface area contributed by atoms with Crippen LogP contribution in [0.15, 0.2) is 30.6 Å². The van der Waals surface area contributed by atoms with Crippen LogP contribution in [0.1, 0.15) is 5.56 Å². The fraction of sp³-hybridized carbons (Fsp3) is 0.286. The van der Waals surface area contributed by atoms with Gasteiger partial charge >= 0.3 is 0 Å². The summed E-state index contributed by atoms with van der Waals surface area (Å²) in [5.41, 5.74) is 7.43. The van der Waals surface area contributed by atoms with E-state index >= 15 is 0 Å². The van der Waals surface area contributed by atoms with Crippen LogP contribution in [0.5, 0.6) is 11.6 Å². The molecule has 0 amide bonds. The molecule has 0 unspecified atom stereocenters. The van der Waals surface area contributed by atoms with Crippen molar-refractivity contribution in [2.24, 2.45) is 0 Å². The lowest BCUT2D eigenvalue weighted by molar-refractivity contribution is 0.399. The van der Waals surface area contributed by atoms with Crippen LogP contribution in [0.2, 0.25) is 0 Å². The van der Waals surface area contributed by atoms with Crippen LogP contribution < -0.4 is 20.5 Å². The van der Waals surface area contributed by atoms with Gasteiger partial charge in [-0.3, -0.25) is 0 Å². The molecule has 20 heavy (non-hydrogen) atoms. The smallest absolute Gasteiger partial charge is 0.242 e. The molecule has 0 saturated heterocycles. The standard InChI is InChI=1S/C14H18N4O2/c1-19-11-6-4-3-5-10(11)7-8-16-13-12(15)14(20-2)18-9-17-13/h3-6,9H,7-8,15H2,1-2H3,(H,16,17,18). The molecule has 0 aliphatic carbocycles. The van der Waals surface area contributed by atoms with Gasteiger partial charge in [-0.15, -0.1) is 0 Å². The Morgan fingerprint density at radius 3 is 2.70 bits per heavy atom. The Morgan fingerprint density at radius 1 is 1.15 bits per heavy atom. The summed E-state index contributed by atoms with van der Waals surface area (Å²) in [5, 5.41) is 3.18. The van der Waals surface area contributed by atoms with Crippen LogP contribution >= 0.6 is 0 Å². The van der Waals surface area contributed by atoms with Crippen molar-refractivity contribution >= 4 is 11.5 Å². The highest BCUT2D eigenvalue weighted by Gasteiger charge is 2.08. The Labute approximate surface area is 118 Å². The third kappa shape index (κ3) is 3.09. The van der Waals surface area contributed by atoms with E-state index in [0.717, 1.165) is 17.7 Å². The van der Waals surface area contributed by atoms with Gasteiger partial charge in [0.15, 0.2) is 5.82 Å². The number of benzene rings is 1. The highest BCUT2D eigenvalue weighted by Crippen LogP contribution is 2.24. The number of ether oxygens (including phenoxy) is 2. The third-order valence-corrected chi connectivity index (χ3v) is 2.92.